The van der Waals surface area contributed by atoms with Crippen LogP contribution in [0.25, 0.3) is 0 Å². The number of aryl methyl sites for hydroxylation is 1. The lowest BCUT2D eigenvalue weighted by Gasteiger charge is -2.39. The Balaban J connectivity index is 1.42. The number of halogens is 4. The lowest BCUT2D eigenvalue weighted by molar-refractivity contribution is -0.137. The van der Waals surface area contributed by atoms with E-state index in [4.69, 9.17) is 16.7 Å². The van der Waals surface area contributed by atoms with Gasteiger partial charge in [-0.1, -0.05) is 17.7 Å². The van der Waals surface area contributed by atoms with Gasteiger partial charge in [-0.05, 0) is 44.3 Å². The van der Waals surface area contributed by atoms with Gasteiger partial charge in [-0.3, -0.25) is 24.1 Å². The molecule has 2 aromatic heterocycles. The van der Waals surface area contributed by atoms with E-state index >= 15 is 0 Å². The maximum absolute atomic E-state index is 14.0. The monoisotopic (exact) mass is 587 g/mol. The number of benzene rings is 1. The summed E-state index contributed by atoms with van der Waals surface area (Å²) in [6.45, 7) is 4.52. The number of alkyl halides is 3. The number of likely N-dealkylation sites (N-methyl/N-ethyl adjacent to an activating group) is 2. The van der Waals surface area contributed by atoms with Crippen LogP contribution < -0.4 is 14.7 Å². The molecule has 0 N–H and O–H groups in total. The second kappa shape index (κ2) is 10.0. The van der Waals surface area contributed by atoms with Gasteiger partial charge in [0.15, 0.2) is 0 Å². The van der Waals surface area contributed by atoms with Crippen molar-refractivity contribution in [2.75, 3.05) is 41.9 Å². The Labute approximate surface area is 240 Å². The molecule has 9 nitrogen and oxygen atoms in total. The first-order chi connectivity index (χ1) is 19.4. The second-order valence-electron chi connectivity index (χ2n) is 11.0. The van der Waals surface area contributed by atoms with Crippen molar-refractivity contribution in [3.63, 3.8) is 0 Å². The van der Waals surface area contributed by atoms with Gasteiger partial charge in [0.1, 0.15) is 11.9 Å². The van der Waals surface area contributed by atoms with Crippen molar-refractivity contribution < 1.29 is 22.8 Å². The molecule has 5 heterocycles. The first-order valence-corrected chi connectivity index (χ1v) is 13.7. The summed E-state index contributed by atoms with van der Waals surface area (Å²) in [6.07, 6.45) is -4.65. The van der Waals surface area contributed by atoms with Crippen LogP contribution in [0.4, 0.5) is 30.4 Å². The molecular formula is C28H29ClF3N7O2. The summed E-state index contributed by atoms with van der Waals surface area (Å²) in [4.78, 5) is 38.5. The smallest absolute Gasteiger partial charge is 0.362 e. The number of pyridine rings is 1. The maximum atomic E-state index is 14.0. The largest absolute Gasteiger partial charge is 0.416 e. The number of fused-ring (bicyclic) bond motifs is 3. The third-order valence-electron chi connectivity index (χ3n) is 8.02. The van der Waals surface area contributed by atoms with Crippen LogP contribution in [-0.2, 0) is 35.4 Å². The van der Waals surface area contributed by atoms with Gasteiger partial charge < -0.3 is 9.80 Å². The lowest BCUT2D eigenvalue weighted by Crippen LogP contribution is -2.52. The number of anilines is 3. The molecule has 0 saturated carbocycles. The van der Waals surface area contributed by atoms with Crippen LogP contribution in [0.2, 0.25) is 5.02 Å². The van der Waals surface area contributed by atoms with Crippen molar-refractivity contribution >= 4 is 40.6 Å². The molecule has 216 valence electrons. The van der Waals surface area contributed by atoms with Crippen molar-refractivity contribution in [2.24, 2.45) is 5.92 Å². The fraction of sp³-hybridized carbons (Fsp3) is 0.429. The summed E-state index contributed by atoms with van der Waals surface area (Å²) in [5.41, 5.74) is 2.28. The fourth-order valence-corrected chi connectivity index (χ4v) is 6.43. The van der Waals surface area contributed by atoms with Crippen LogP contribution in [0.3, 0.4) is 0 Å². The first kappa shape index (κ1) is 27.5. The predicted octanol–water partition coefficient (Wildman–Crippen LogP) is 4.11. The standard InChI is InChI=1S/C28H29ClF3N7O2/c1-16-9-18(28(30,31)32)11-23(33-16)39-24(40)10-17-13-37(14-19-12-20-15-35(2)7-8-38(20)34-19)26-21(29)5-4-6-22(26)36(3)27(41)25(17)39/h4-6,9,11-12,17,25H,7-8,10,13-15H2,1-3H3/t17?,25-/m0/s1. The molecule has 0 bridgehead atoms. The average molecular weight is 588 g/mol. The Kier molecular flexibility index (Phi) is 6.73. The molecular weight excluding hydrogens is 559 g/mol. The van der Waals surface area contributed by atoms with Crippen LogP contribution in [-0.4, -0.2) is 64.7 Å². The van der Waals surface area contributed by atoms with E-state index in [0.29, 0.717) is 22.9 Å². The van der Waals surface area contributed by atoms with E-state index in [2.05, 4.69) is 23.0 Å². The van der Waals surface area contributed by atoms with E-state index in [1.165, 1.54) is 11.8 Å². The topological polar surface area (TPSA) is 77.8 Å². The average Bonchev–Trinajstić information content (AvgIpc) is 3.44. The van der Waals surface area contributed by atoms with Gasteiger partial charge in [-0.15, -0.1) is 0 Å². The number of rotatable bonds is 3. The first-order valence-electron chi connectivity index (χ1n) is 13.3. The van der Waals surface area contributed by atoms with Crippen molar-refractivity contribution in [3.05, 3.63) is 64.1 Å². The van der Waals surface area contributed by atoms with Gasteiger partial charge in [0.05, 0.1) is 46.4 Å². The summed E-state index contributed by atoms with van der Waals surface area (Å²) in [5, 5.41) is 5.25. The number of amides is 2. The Hall–Kier alpha value is -3.64. The number of hydrogen-bond acceptors (Lipinski definition) is 6. The predicted molar refractivity (Wildman–Crippen MR) is 148 cm³/mol. The summed E-state index contributed by atoms with van der Waals surface area (Å²) in [7, 11) is 3.65. The third-order valence-corrected chi connectivity index (χ3v) is 8.32. The molecule has 6 rings (SSSR count). The highest BCUT2D eigenvalue weighted by molar-refractivity contribution is 6.34. The van der Waals surface area contributed by atoms with Gasteiger partial charge in [-0.25, -0.2) is 4.98 Å². The van der Waals surface area contributed by atoms with E-state index in [-0.39, 0.29) is 24.5 Å². The molecule has 3 aliphatic rings. The van der Waals surface area contributed by atoms with Crippen molar-refractivity contribution in [1.82, 2.24) is 19.7 Å². The molecule has 2 amide bonds. The molecule has 13 heteroatoms. The quantitative estimate of drug-likeness (QED) is 0.459. The zero-order chi connectivity index (χ0) is 29.2. The van der Waals surface area contributed by atoms with Gasteiger partial charge in [0.25, 0.3) is 0 Å². The number of carbonyl (C=O) groups is 2. The zero-order valence-electron chi connectivity index (χ0n) is 22.8. The molecule has 0 spiro atoms. The highest BCUT2D eigenvalue weighted by Crippen LogP contribution is 2.43. The molecule has 1 aromatic carbocycles. The van der Waals surface area contributed by atoms with E-state index in [9.17, 15) is 22.8 Å². The molecule has 1 unspecified atom stereocenters. The van der Waals surface area contributed by atoms with Crippen molar-refractivity contribution in [1.29, 1.82) is 0 Å². The van der Waals surface area contributed by atoms with E-state index in [1.54, 1.807) is 25.2 Å². The highest BCUT2D eigenvalue weighted by Gasteiger charge is 2.49. The lowest BCUT2D eigenvalue weighted by atomic mass is 9.95. The normalized spacial score (nSPS) is 21.5. The number of hydrogen-bond donors (Lipinski definition) is 0. The maximum Gasteiger partial charge on any atom is 0.416 e. The Morgan fingerprint density at radius 3 is 2.63 bits per heavy atom. The minimum absolute atomic E-state index is 0.0258. The van der Waals surface area contributed by atoms with Crippen LogP contribution in [0.15, 0.2) is 36.4 Å². The number of para-hydroxylation sites is 1. The number of nitrogens with zero attached hydrogens (tertiary/aromatic N) is 7. The Morgan fingerprint density at radius 1 is 1.10 bits per heavy atom. The SMILES string of the molecule is Cc1cc(C(F)(F)F)cc(N2C(=O)CC3CN(Cc4cc5n(n4)CCN(C)C5)c4c(Cl)cccc4N(C)C(=O)[C@H]32)n1. The number of carbonyl (C=O) groups excluding carboxylic acids is 2. The van der Waals surface area contributed by atoms with E-state index in [0.717, 1.165) is 48.1 Å². The van der Waals surface area contributed by atoms with Crippen molar-refractivity contribution in [2.45, 2.75) is 45.2 Å². The second-order valence-corrected chi connectivity index (χ2v) is 11.4. The minimum Gasteiger partial charge on any atom is -0.362 e. The molecule has 0 aliphatic carbocycles. The fourth-order valence-electron chi connectivity index (χ4n) is 6.14. The van der Waals surface area contributed by atoms with Crippen molar-refractivity contribution in [3.8, 4) is 0 Å². The van der Waals surface area contributed by atoms with Gasteiger partial charge >= 0.3 is 6.18 Å². The zero-order valence-corrected chi connectivity index (χ0v) is 23.6. The van der Waals surface area contributed by atoms with Crippen LogP contribution in [0, 0.1) is 12.8 Å². The molecule has 2 atom stereocenters. The van der Waals surface area contributed by atoms with Gasteiger partial charge in [-0.2, -0.15) is 18.3 Å². The Morgan fingerprint density at radius 2 is 1.88 bits per heavy atom. The van der Waals surface area contributed by atoms with Gasteiger partial charge in [0, 0.05) is 44.7 Å². The summed E-state index contributed by atoms with van der Waals surface area (Å²) in [6, 6.07) is 8.04. The van der Waals surface area contributed by atoms with Crippen LogP contribution in [0.1, 0.15) is 29.1 Å². The van der Waals surface area contributed by atoms with E-state index < -0.39 is 35.5 Å². The van der Waals surface area contributed by atoms with Crippen LogP contribution >= 0.6 is 11.6 Å². The summed E-state index contributed by atoms with van der Waals surface area (Å²) in [5.74, 6) is -1.57. The minimum atomic E-state index is -4.63. The summed E-state index contributed by atoms with van der Waals surface area (Å²) < 4.78 is 43.0. The molecule has 3 aromatic rings. The third kappa shape index (κ3) is 4.93. The highest BCUT2D eigenvalue weighted by atomic mass is 35.5. The summed E-state index contributed by atoms with van der Waals surface area (Å²) >= 11 is 6.73. The molecule has 0 radical (unpaired) electrons. The molecule has 1 fully saturated rings. The van der Waals surface area contributed by atoms with Gasteiger partial charge in [0.2, 0.25) is 11.8 Å². The van der Waals surface area contributed by atoms with E-state index in [1.807, 2.05) is 9.58 Å². The molecule has 41 heavy (non-hydrogen) atoms. The Bertz CT molecular complexity index is 1540. The van der Waals surface area contributed by atoms with Crippen LogP contribution in [0.5, 0.6) is 0 Å². The molecule has 3 aliphatic heterocycles. The molecule has 1 saturated heterocycles. The number of aromatic nitrogens is 3.